The average Bonchev–Trinajstić information content (AvgIpc) is 2.32. The summed E-state index contributed by atoms with van der Waals surface area (Å²) in [6, 6.07) is 10.4. The van der Waals surface area contributed by atoms with Gasteiger partial charge in [0.2, 0.25) is 0 Å². The Hall–Kier alpha value is -1.45. The van der Waals surface area contributed by atoms with E-state index >= 15 is 0 Å². The number of benzene rings is 2. The molecule has 0 aliphatic heterocycles. The molecule has 0 saturated carbocycles. The zero-order valence-corrected chi connectivity index (χ0v) is 10.2. The van der Waals surface area contributed by atoms with Crippen molar-refractivity contribution in [3.8, 4) is 0 Å². The molecule has 0 saturated heterocycles. The number of hydrogen-bond acceptors (Lipinski definition) is 1. The predicted octanol–water partition coefficient (Wildman–Crippen LogP) is 3.89. The normalized spacial score (nSPS) is 12.4. The maximum Gasteiger partial charge on any atom is 0.159 e. The highest BCUT2D eigenvalue weighted by molar-refractivity contribution is 6.30. The summed E-state index contributed by atoms with van der Waals surface area (Å²) in [5.74, 6) is -1.88. The topological polar surface area (TPSA) is 20.2 Å². The lowest BCUT2D eigenvalue weighted by atomic mass is 10.0. The average molecular weight is 269 g/mol. The molecular formula is C14H11ClF2O. The first kappa shape index (κ1) is 13.0. The smallest absolute Gasteiger partial charge is 0.159 e. The molecule has 1 nitrogen and oxygen atoms in total. The van der Waals surface area contributed by atoms with Crippen molar-refractivity contribution in [2.75, 3.05) is 0 Å². The summed E-state index contributed by atoms with van der Waals surface area (Å²) in [7, 11) is 0. The minimum absolute atomic E-state index is 0.297. The molecule has 2 rings (SSSR count). The molecular weight excluding hydrogens is 258 g/mol. The highest BCUT2D eigenvalue weighted by Gasteiger charge is 2.11. The van der Waals surface area contributed by atoms with Gasteiger partial charge in [0.05, 0.1) is 6.10 Å². The first-order chi connectivity index (χ1) is 8.56. The fraction of sp³-hybridized carbons (Fsp3) is 0.143. The van der Waals surface area contributed by atoms with E-state index in [0.29, 0.717) is 17.0 Å². The van der Waals surface area contributed by atoms with Gasteiger partial charge in [-0.25, -0.2) is 8.78 Å². The lowest BCUT2D eigenvalue weighted by Gasteiger charge is -2.11. The molecule has 2 aromatic rings. The van der Waals surface area contributed by atoms with Crippen LogP contribution in [0.25, 0.3) is 0 Å². The fourth-order valence-corrected chi connectivity index (χ4v) is 1.94. The maximum atomic E-state index is 13.0. The Morgan fingerprint density at radius 2 is 1.83 bits per heavy atom. The molecule has 1 unspecified atom stereocenters. The number of aliphatic hydroxyl groups is 1. The van der Waals surface area contributed by atoms with Crippen molar-refractivity contribution >= 4 is 11.6 Å². The molecule has 4 heteroatoms. The lowest BCUT2D eigenvalue weighted by Crippen LogP contribution is -2.03. The van der Waals surface area contributed by atoms with Crippen molar-refractivity contribution in [2.45, 2.75) is 12.5 Å². The summed E-state index contributed by atoms with van der Waals surface area (Å²) in [5, 5.41) is 10.5. The summed E-state index contributed by atoms with van der Waals surface area (Å²) < 4.78 is 25.8. The van der Waals surface area contributed by atoms with Crippen LogP contribution in [-0.2, 0) is 6.42 Å². The van der Waals surface area contributed by atoms with Crippen molar-refractivity contribution in [3.05, 3.63) is 70.2 Å². The first-order valence-corrected chi connectivity index (χ1v) is 5.81. The van der Waals surface area contributed by atoms with Gasteiger partial charge in [0.1, 0.15) is 0 Å². The zero-order valence-electron chi connectivity index (χ0n) is 9.41. The molecule has 0 amide bonds. The van der Waals surface area contributed by atoms with Gasteiger partial charge in [-0.2, -0.15) is 0 Å². The van der Waals surface area contributed by atoms with Gasteiger partial charge in [0.15, 0.2) is 11.6 Å². The fourth-order valence-electron chi connectivity index (χ4n) is 1.72. The van der Waals surface area contributed by atoms with Crippen molar-refractivity contribution < 1.29 is 13.9 Å². The third kappa shape index (κ3) is 3.06. The largest absolute Gasteiger partial charge is 0.388 e. The summed E-state index contributed by atoms with van der Waals surface area (Å²) in [6.45, 7) is 0. The molecule has 0 heterocycles. The summed E-state index contributed by atoms with van der Waals surface area (Å²) in [4.78, 5) is 0. The Balaban J connectivity index is 2.16. The van der Waals surface area contributed by atoms with E-state index in [1.165, 1.54) is 6.07 Å². The third-order valence-electron chi connectivity index (χ3n) is 2.65. The predicted molar refractivity (Wildman–Crippen MR) is 66.5 cm³/mol. The molecule has 94 valence electrons. The molecule has 1 N–H and O–H groups in total. The Labute approximate surface area is 109 Å². The summed E-state index contributed by atoms with van der Waals surface area (Å²) in [6.07, 6.45) is -0.593. The Morgan fingerprint density at radius 1 is 1.06 bits per heavy atom. The molecule has 0 fully saturated rings. The molecule has 18 heavy (non-hydrogen) atoms. The van der Waals surface area contributed by atoms with Gasteiger partial charge < -0.3 is 5.11 Å². The molecule has 0 aliphatic rings. The van der Waals surface area contributed by atoms with E-state index in [1.807, 2.05) is 6.07 Å². The molecule has 0 aliphatic carbocycles. The minimum atomic E-state index is -0.961. The summed E-state index contributed by atoms with van der Waals surface area (Å²) in [5.41, 5.74) is 1.17. The quantitative estimate of drug-likeness (QED) is 0.895. The molecule has 2 aromatic carbocycles. The second-order valence-corrected chi connectivity index (χ2v) is 4.46. The zero-order chi connectivity index (χ0) is 13.1. The third-order valence-corrected chi connectivity index (χ3v) is 2.88. The number of aliphatic hydroxyl groups excluding tert-OH is 1. The van der Waals surface area contributed by atoms with Gasteiger partial charge >= 0.3 is 0 Å². The van der Waals surface area contributed by atoms with E-state index in [1.54, 1.807) is 18.2 Å². The van der Waals surface area contributed by atoms with Gasteiger partial charge in [-0.3, -0.25) is 0 Å². The van der Waals surface area contributed by atoms with Gasteiger partial charge in [-0.05, 0) is 35.4 Å². The van der Waals surface area contributed by atoms with Crippen molar-refractivity contribution in [3.63, 3.8) is 0 Å². The molecule has 0 radical (unpaired) electrons. The van der Waals surface area contributed by atoms with Crippen LogP contribution in [0, 0.1) is 11.6 Å². The van der Waals surface area contributed by atoms with Gasteiger partial charge in [0.25, 0.3) is 0 Å². The number of halogens is 3. The number of hydrogen-bond donors (Lipinski definition) is 1. The van der Waals surface area contributed by atoms with Crippen molar-refractivity contribution in [1.82, 2.24) is 0 Å². The van der Waals surface area contributed by atoms with Gasteiger partial charge in [0, 0.05) is 11.4 Å². The Kier molecular flexibility index (Phi) is 3.94. The highest BCUT2D eigenvalue weighted by Crippen LogP contribution is 2.21. The van der Waals surface area contributed by atoms with Crippen LogP contribution in [-0.4, -0.2) is 5.11 Å². The summed E-state index contributed by atoms with van der Waals surface area (Å²) >= 11 is 5.83. The SMILES string of the molecule is OC(Cc1cccc(Cl)c1)c1ccc(F)c(F)c1. The second kappa shape index (κ2) is 5.46. The van der Waals surface area contributed by atoms with E-state index in [4.69, 9.17) is 11.6 Å². The van der Waals surface area contributed by atoms with E-state index in [9.17, 15) is 13.9 Å². The highest BCUT2D eigenvalue weighted by atomic mass is 35.5. The lowest BCUT2D eigenvalue weighted by molar-refractivity contribution is 0.178. The van der Waals surface area contributed by atoms with E-state index in [-0.39, 0.29) is 0 Å². The second-order valence-electron chi connectivity index (χ2n) is 4.02. The van der Waals surface area contributed by atoms with Crippen LogP contribution >= 0.6 is 11.6 Å². The van der Waals surface area contributed by atoms with Crippen LogP contribution in [0.2, 0.25) is 5.02 Å². The molecule has 0 spiro atoms. The monoisotopic (exact) mass is 268 g/mol. The van der Waals surface area contributed by atoms with Crippen molar-refractivity contribution in [1.29, 1.82) is 0 Å². The van der Waals surface area contributed by atoms with Crippen LogP contribution in [0.15, 0.2) is 42.5 Å². The van der Waals surface area contributed by atoms with Crippen molar-refractivity contribution in [2.24, 2.45) is 0 Å². The molecule has 1 atom stereocenters. The van der Waals surface area contributed by atoms with E-state index < -0.39 is 17.7 Å². The van der Waals surface area contributed by atoms with Gasteiger partial charge in [-0.1, -0.05) is 29.8 Å². The van der Waals surface area contributed by atoms with Crippen LogP contribution in [0.1, 0.15) is 17.2 Å². The van der Waals surface area contributed by atoms with Gasteiger partial charge in [-0.15, -0.1) is 0 Å². The van der Waals surface area contributed by atoms with Crippen LogP contribution < -0.4 is 0 Å². The van der Waals surface area contributed by atoms with Crippen LogP contribution in [0.3, 0.4) is 0 Å². The molecule has 0 aromatic heterocycles. The van der Waals surface area contributed by atoms with Crippen LogP contribution in [0.4, 0.5) is 8.78 Å². The Bertz CT molecular complexity index is 557. The number of rotatable bonds is 3. The standard InChI is InChI=1S/C14H11ClF2O/c15-11-3-1-2-9(6-11)7-14(18)10-4-5-12(16)13(17)8-10/h1-6,8,14,18H,7H2. The maximum absolute atomic E-state index is 13.0. The molecule has 0 bridgehead atoms. The van der Waals surface area contributed by atoms with Crippen LogP contribution in [0.5, 0.6) is 0 Å². The van der Waals surface area contributed by atoms with E-state index in [0.717, 1.165) is 17.7 Å². The minimum Gasteiger partial charge on any atom is -0.388 e. The Morgan fingerprint density at radius 3 is 2.50 bits per heavy atom. The van der Waals surface area contributed by atoms with E-state index in [2.05, 4.69) is 0 Å². The first-order valence-electron chi connectivity index (χ1n) is 5.44.